The molecule has 0 bridgehead atoms. The molecule has 4 heteroatoms. The summed E-state index contributed by atoms with van der Waals surface area (Å²) in [4.78, 5) is 14.3. The van der Waals surface area contributed by atoms with Gasteiger partial charge in [0, 0.05) is 18.6 Å². The minimum Gasteiger partial charge on any atom is -0.334 e. The lowest BCUT2D eigenvalue weighted by Gasteiger charge is -2.38. The first-order valence-electron chi connectivity index (χ1n) is 6.84. The van der Waals surface area contributed by atoms with Gasteiger partial charge in [0.05, 0.1) is 5.56 Å². The molecule has 0 saturated carbocycles. The van der Waals surface area contributed by atoms with Crippen LogP contribution in [0.5, 0.6) is 0 Å². The van der Waals surface area contributed by atoms with Gasteiger partial charge in [-0.1, -0.05) is 12.1 Å². The molecule has 1 amide bonds. The number of carbonyl (C=O) groups is 1. The molecule has 1 aromatic rings. The summed E-state index contributed by atoms with van der Waals surface area (Å²) in [6, 6.07) is 4.87. The molecule has 0 spiro atoms. The summed E-state index contributed by atoms with van der Waals surface area (Å²) < 4.78 is 14.1. The lowest BCUT2D eigenvalue weighted by Crippen LogP contribution is -2.51. The minimum absolute atomic E-state index is 0.0150. The largest absolute Gasteiger partial charge is 0.334 e. The Morgan fingerprint density at radius 2 is 2.21 bits per heavy atom. The van der Waals surface area contributed by atoms with Gasteiger partial charge in [-0.15, -0.1) is 0 Å². The van der Waals surface area contributed by atoms with Crippen molar-refractivity contribution in [2.24, 2.45) is 5.73 Å². The number of likely N-dealkylation sites (tertiary alicyclic amines) is 1. The van der Waals surface area contributed by atoms with Crippen molar-refractivity contribution in [1.82, 2.24) is 4.90 Å². The lowest BCUT2D eigenvalue weighted by molar-refractivity contribution is 0.0579. The van der Waals surface area contributed by atoms with Crippen LogP contribution >= 0.6 is 0 Å². The molecule has 1 aliphatic rings. The summed E-state index contributed by atoms with van der Waals surface area (Å²) in [5.41, 5.74) is 6.61. The zero-order chi connectivity index (χ0) is 14.0. The zero-order valence-corrected chi connectivity index (χ0v) is 11.5. The molecular formula is C15H21FN2O. The fourth-order valence-electron chi connectivity index (χ4n) is 2.72. The van der Waals surface area contributed by atoms with E-state index in [4.69, 9.17) is 5.73 Å². The maximum atomic E-state index is 14.1. The van der Waals surface area contributed by atoms with E-state index < -0.39 is 5.82 Å². The highest BCUT2D eigenvalue weighted by molar-refractivity contribution is 5.95. The summed E-state index contributed by atoms with van der Waals surface area (Å²) in [5, 5.41) is 0. The number of amides is 1. The average Bonchev–Trinajstić information content (AvgIpc) is 2.41. The second kappa shape index (κ2) is 5.70. The number of rotatable bonds is 2. The quantitative estimate of drug-likeness (QED) is 0.892. The van der Waals surface area contributed by atoms with Crippen molar-refractivity contribution in [2.45, 2.75) is 45.2 Å². The van der Waals surface area contributed by atoms with Crippen molar-refractivity contribution in [2.75, 3.05) is 6.54 Å². The van der Waals surface area contributed by atoms with E-state index >= 15 is 0 Å². The SMILES string of the molecule is Cc1cccc(C(=O)N2CCCC[C@@H]2[C@H](C)N)c1F. The number of hydrogen-bond acceptors (Lipinski definition) is 2. The van der Waals surface area contributed by atoms with Crippen LogP contribution in [0.4, 0.5) is 4.39 Å². The third kappa shape index (κ3) is 2.78. The monoisotopic (exact) mass is 264 g/mol. The van der Waals surface area contributed by atoms with Crippen LogP contribution in [0.2, 0.25) is 0 Å². The molecule has 2 rings (SSSR count). The van der Waals surface area contributed by atoms with E-state index in [1.165, 1.54) is 0 Å². The Morgan fingerprint density at radius 1 is 1.47 bits per heavy atom. The van der Waals surface area contributed by atoms with Crippen molar-refractivity contribution in [3.63, 3.8) is 0 Å². The highest BCUT2D eigenvalue weighted by Gasteiger charge is 2.31. The van der Waals surface area contributed by atoms with Gasteiger partial charge < -0.3 is 10.6 Å². The van der Waals surface area contributed by atoms with Crippen LogP contribution in [-0.4, -0.2) is 29.4 Å². The second-order valence-electron chi connectivity index (χ2n) is 5.36. The summed E-state index contributed by atoms with van der Waals surface area (Å²) in [6.07, 6.45) is 2.94. The predicted octanol–water partition coefficient (Wildman–Crippen LogP) is 2.48. The van der Waals surface area contributed by atoms with Crippen molar-refractivity contribution >= 4 is 5.91 Å². The highest BCUT2D eigenvalue weighted by atomic mass is 19.1. The zero-order valence-electron chi connectivity index (χ0n) is 11.5. The van der Waals surface area contributed by atoms with Crippen molar-refractivity contribution < 1.29 is 9.18 Å². The molecule has 1 heterocycles. The predicted molar refractivity (Wildman–Crippen MR) is 73.5 cm³/mol. The number of piperidine rings is 1. The Kier molecular flexibility index (Phi) is 4.20. The molecule has 2 atom stereocenters. The molecule has 0 radical (unpaired) electrons. The van der Waals surface area contributed by atoms with Gasteiger partial charge in [-0.05, 0) is 44.7 Å². The van der Waals surface area contributed by atoms with E-state index in [0.717, 1.165) is 19.3 Å². The molecule has 3 nitrogen and oxygen atoms in total. The molecule has 0 aliphatic carbocycles. The maximum absolute atomic E-state index is 14.1. The van der Waals surface area contributed by atoms with Gasteiger partial charge in [-0.2, -0.15) is 0 Å². The van der Waals surface area contributed by atoms with Crippen molar-refractivity contribution in [1.29, 1.82) is 0 Å². The average molecular weight is 264 g/mol. The van der Waals surface area contributed by atoms with Gasteiger partial charge in [0.15, 0.2) is 0 Å². The van der Waals surface area contributed by atoms with Crippen LogP contribution in [0.25, 0.3) is 0 Å². The van der Waals surface area contributed by atoms with Crippen LogP contribution < -0.4 is 5.73 Å². The third-order valence-electron chi connectivity index (χ3n) is 3.84. The smallest absolute Gasteiger partial charge is 0.257 e. The minimum atomic E-state index is -0.415. The number of carbonyl (C=O) groups excluding carboxylic acids is 1. The standard InChI is InChI=1S/C15H21FN2O/c1-10-6-5-7-12(14(10)16)15(19)18-9-4-3-8-13(18)11(2)17/h5-7,11,13H,3-4,8-9,17H2,1-2H3/t11-,13+/m0/s1. The molecule has 1 fully saturated rings. The van der Waals surface area contributed by atoms with Gasteiger partial charge >= 0.3 is 0 Å². The first-order chi connectivity index (χ1) is 9.02. The summed E-state index contributed by atoms with van der Waals surface area (Å²) >= 11 is 0. The van der Waals surface area contributed by atoms with Crippen LogP contribution in [0, 0.1) is 12.7 Å². The van der Waals surface area contributed by atoms with Crippen LogP contribution in [0.15, 0.2) is 18.2 Å². The number of halogens is 1. The Morgan fingerprint density at radius 3 is 2.89 bits per heavy atom. The Balaban J connectivity index is 2.29. The van der Waals surface area contributed by atoms with E-state index in [1.807, 2.05) is 6.92 Å². The normalized spacial score (nSPS) is 21.3. The molecule has 1 saturated heterocycles. The first-order valence-corrected chi connectivity index (χ1v) is 6.84. The second-order valence-corrected chi connectivity index (χ2v) is 5.36. The van der Waals surface area contributed by atoms with E-state index in [1.54, 1.807) is 30.0 Å². The highest BCUT2D eigenvalue weighted by Crippen LogP contribution is 2.23. The molecule has 0 unspecified atom stereocenters. The van der Waals surface area contributed by atoms with Crippen molar-refractivity contribution in [3.05, 3.63) is 35.1 Å². The van der Waals surface area contributed by atoms with Crippen LogP contribution in [0.3, 0.4) is 0 Å². The fraction of sp³-hybridized carbons (Fsp3) is 0.533. The fourth-order valence-corrected chi connectivity index (χ4v) is 2.72. The number of nitrogens with two attached hydrogens (primary N) is 1. The van der Waals surface area contributed by atoms with Gasteiger partial charge in [-0.25, -0.2) is 4.39 Å². The topological polar surface area (TPSA) is 46.3 Å². The maximum Gasteiger partial charge on any atom is 0.257 e. The number of benzene rings is 1. The molecule has 19 heavy (non-hydrogen) atoms. The summed E-state index contributed by atoms with van der Waals surface area (Å²) in [6.45, 7) is 4.24. The van der Waals surface area contributed by atoms with E-state index in [0.29, 0.717) is 12.1 Å². The van der Waals surface area contributed by atoms with Gasteiger partial charge in [0.2, 0.25) is 0 Å². The van der Waals surface area contributed by atoms with E-state index in [-0.39, 0.29) is 23.6 Å². The Bertz CT molecular complexity index is 473. The number of aryl methyl sites for hydroxylation is 1. The van der Waals surface area contributed by atoms with Crippen LogP contribution in [-0.2, 0) is 0 Å². The van der Waals surface area contributed by atoms with Gasteiger partial charge in [-0.3, -0.25) is 4.79 Å². The van der Waals surface area contributed by atoms with E-state index in [9.17, 15) is 9.18 Å². The molecule has 1 aromatic carbocycles. The lowest BCUT2D eigenvalue weighted by atomic mass is 9.95. The molecule has 1 aliphatic heterocycles. The molecule has 104 valence electrons. The van der Waals surface area contributed by atoms with Gasteiger partial charge in [0.25, 0.3) is 5.91 Å². The molecule has 2 N–H and O–H groups in total. The summed E-state index contributed by atoms with van der Waals surface area (Å²) in [7, 11) is 0. The first kappa shape index (κ1) is 14.0. The molecule has 0 aromatic heterocycles. The Labute approximate surface area is 113 Å². The Hall–Kier alpha value is -1.42. The van der Waals surface area contributed by atoms with E-state index in [2.05, 4.69) is 0 Å². The molecular weight excluding hydrogens is 243 g/mol. The summed E-state index contributed by atoms with van der Waals surface area (Å²) in [5.74, 6) is -0.648. The van der Waals surface area contributed by atoms with Crippen LogP contribution in [0.1, 0.15) is 42.1 Å². The van der Waals surface area contributed by atoms with Crippen molar-refractivity contribution in [3.8, 4) is 0 Å². The number of nitrogens with zero attached hydrogens (tertiary/aromatic N) is 1. The number of hydrogen-bond donors (Lipinski definition) is 1. The van der Waals surface area contributed by atoms with Gasteiger partial charge in [0.1, 0.15) is 5.82 Å². The third-order valence-corrected chi connectivity index (χ3v) is 3.84.